The number of carbonyl (C=O) groups excluding carboxylic acids is 2. The Labute approximate surface area is 185 Å². The minimum Gasteiger partial charge on any atom is -0.472 e. The molecule has 10 heteroatoms. The number of halogens is 3. The summed E-state index contributed by atoms with van der Waals surface area (Å²) in [6, 6.07) is 10.4. The lowest BCUT2D eigenvalue weighted by Crippen LogP contribution is -2.43. The first-order valence-corrected chi connectivity index (χ1v) is 9.81. The van der Waals surface area contributed by atoms with Crippen LogP contribution in [0.4, 0.5) is 13.2 Å². The second-order valence-corrected chi connectivity index (χ2v) is 7.25. The van der Waals surface area contributed by atoms with E-state index in [4.69, 9.17) is 9.15 Å². The fraction of sp³-hybridized carbons (Fsp3) is 0.174. The third-order valence-electron chi connectivity index (χ3n) is 5.02. The zero-order valence-corrected chi connectivity index (χ0v) is 17.3. The maximum Gasteiger partial charge on any atom is 0.420 e. The predicted molar refractivity (Wildman–Crippen MR) is 111 cm³/mol. The zero-order valence-electron chi connectivity index (χ0n) is 17.3. The van der Waals surface area contributed by atoms with Crippen LogP contribution in [0.25, 0.3) is 16.8 Å². The van der Waals surface area contributed by atoms with E-state index in [1.165, 1.54) is 38.1 Å². The van der Waals surface area contributed by atoms with E-state index in [0.717, 1.165) is 16.0 Å². The summed E-state index contributed by atoms with van der Waals surface area (Å²) in [5, 5.41) is 2.51. The van der Waals surface area contributed by atoms with Crippen molar-refractivity contribution in [2.45, 2.75) is 18.6 Å². The van der Waals surface area contributed by atoms with Gasteiger partial charge in [0, 0.05) is 29.9 Å². The molecule has 3 aromatic heterocycles. The molecule has 1 unspecified atom stereocenters. The second kappa shape index (κ2) is 8.81. The molecule has 0 aliphatic rings. The molecule has 0 radical (unpaired) electrons. The molecule has 3 heterocycles. The molecule has 0 saturated heterocycles. The number of nitrogens with one attached hydrogen (secondary N) is 1. The molecule has 0 aliphatic carbocycles. The second-order valence-electron chi connectivity index (χ2n) is 7.25. The number of pyridine rings is 1. The van der Waals surface area contributed by atoms with Crippen LogP contribution in [0.5, 0.6) is 0 Å². The number of hydrogen-bond acceptors (Lipinski definition) is 5. The van der Waals surface area contributed by atoms with E-state index in [9.17, 15) is 22.8 Å². The predicted octanol–water partition coefficient (Wildman–Crippen LogP) is 4.13. The van der Waals surface area contributed by atoms with Gasteiger partial charge in [-0.15, -0.1) is 0 Å². The molecule has 170 valence electrons. The van der Waals surface area contributed by atoms with Gasteiger partial charge >= 0.3 is 12.1 Å². The Morgan fingerprint density at radius 1 is 1.15 bits per heavy atom. The summed E-state index contributed by atoms with van der Waals surface area (Å²) in [4.78, 5) is 28.9. The molecule has 1 atom stereocenters. The van der Waals surface area contributed by atoms with E-state index < -0.39 is 35.3 Å². The van der Waals surface area contributed by atoms with Crippen LogP contribution < -0.4 is 5.32 Å². The number of ether oxygens (including phenoxy) is 1. The van der Waals surface area contributed by atoms with Gasteiger partial charge in [0.15, 0.2) is 0 Å². The Bertz CT molecular complexity index is 1280. The highest BCUT2D eigenvalue weighted by atomic mass is 19.4. The summed E-state index contributed by atoms with van der Waals surface area (Å²) in [5.41, 5.74) is -0.258. The molecule has 0 aliphatic heterocycles. The molecule has 0 fully saturated rings. The van der Waals surface area contributed by atoms with Crippen LogP contribution in [0.15, 0.2) is 71.8 Å². The number of nitrogens with zero attached hydrogens (tertiary/aromatic N) is 2. The average Bonchev–Trinajstić information content (AvgIpc) is 3.47. The zero-order chi connectivity index (χ0) is 23.6. The van der Waals surface area contributed by atoms with Crippen molar-refractivity contribution in [1.82, 2.24) is 14.7 Å². The highest BCUT2D eigenvalue weighted by Gasteiger charge is 2.35. The first-order valence-electron chi connectivity index (χ1n) is 9.81. The molecule has 1 aromatic carbocycles. The number of amides is 1. The lowest BCUT2D eigenvalue weighted by Gasteiger charge is -2.15. The number of hydrogen-bond donors (Lipinski definition) is 1. The number of carbonyl (C=O) groups is 2. The monoisotopic (exact) mass is 457 g/mol. The molecular weight excluding hydrogens is 439 g/mol. The third kappa shape index (κ3) is 4.74. The standard InChI is InChI=1S/C23H18F3N3O4/c1-32-22(31)18(9-14-5-3-2-4-6-14)28-21(30)19-12-29-11-16(15-7-8-33-13-15)10-17(20(29)27-19)23(24,25)26/h2-8,10-13,18H,9H2,1H3,(H,28,30). The van der Waals surface area contributed by atoms with Crippen molar-refractivity contribution in [3.63, 3.8) is 0 Å². The lowest BCUT2D eigenvalue weighted by molar-refractivity contribution is -0.142. The van der Waals surface area contributed by atoms with Crippen molar-refractivity contribution < 1.29 is 31.9 Å². The number of aromatic nitrogens is 2. The van der Waals surface area contributed by atoms with Crippen molar-refractivity contribution in [3.8, 4) is 11.1 Å². The van der Waals surface area contributed by atoms with Gasteiger partial charge in [-0.2, -0.15) is 13.2 Å². The highest BCUT2D eigenvalue weighted by molar-refractivity contribution is 5.96. The van der Waals surface area contributed by atoms with E-state index >= 15 is 0 Å². The van der Waals surface area contributed by atoms with Crippen molar-refractivity contribution in [2.24, 2.45) is 0 Å². The van der Waals surface area contributed by atoms with Crippen molar-refractivity contribution in [1.29, 1.82) is 0 Å². The first-order chi connectivity index (χ1) is 15.8. The molecule has 0 bridgehead atoms. The Hall–Kier alpha value is -4.08. The number of furan rings is 1. The first kappa shape index (κ1) is 22.1. The van der Waals surface area contributed by atoms with E-state index in [0.29, 0.717) is 5.56 Å². The van der Waals surface area contributed by atoms with E-state index in [1.807, 2.05) is 6.07 Å². The number of alkyl halides is 3. The topological polar surface area (TPSA) is 85.8 Å². The van der Waals surface area contributed by atoms with Crippen molar-refractivity contribution in [2.75, 3.05) is 7.11 Å². The largest absolute Gasteiger partial charge is 0.472 e. The maximum absolute atomic E-state index is 13.7. The normalized spacial score (nSPS) is 12.5. The van der Waals surface area contributed by atoms with Gasteiger partial charge in [0.05, 0.1) is 25.2 Å². The Morgan fingerprint density at radius 2 is 1.91 bits per heavy atom. The average molecular weight is 457 g/mol. The van der Waals surface area contributed by atoms with Gasteiger partial charge < -0.3 is 18.9 Å². The van der Waals surface area contributed by atoms with Crippen LogP contribution in [0.2, 0.25) is 0 Å². The fourth-order valence-corrected chi connectivity index (χ4v) is 3.42. The smallest absolute Gasteiger partial charge is 0.420 e. The van der Waals surface area contributed by atoms with Crippen LogP contribution in [0.1, 0.15) is 21.6 Å². The fourth-order valence-electron chi connectivity index (χ4n) is 3.42. The molecule has 0 saturated carbocycles. The van der Waals surface area contributed by atoms with Crippen molar-refractivity contribution >= 4 is 17.5 Å². The lowest BCUT2D eigenvalue weighted by atomic mass is 10.1. The molecule has 0 spiro atoms. The quantitative estimate of drug-likeness (QED) is 0.440. The summed E-state index contributed by atoms with van der Waals surface area (Å²) in [7, 11) is 1.18. The van der Waals surface area contributed by atoms with Gasteiger partial charge in [0.2, 0.25) is 0 Å². The Morgan fingerprint density at radius 3 is 2.55 bits per heavy atom. The molecule has 33 heavy (non-hydrogen) atoms. The summed E-state index contributed by atoms with van der Waals surface area (Å²) in [6.07, 6.45) is 0.698. The van der Waals surface area contributed by atoms with Crippen LogP contribution in [0.3, 0.4) is 0 Å². The summed E-state index contributed by atoms with van der Waals surface area (Å²) >= 11 is 0. The molecule has 4 aromatic rings. The number of methoxy groups -OCH3 is 1. The van der Waals surface area contributed by atoms with Crippen LogP contribution in [0, 0.1) is 0 Å². The Balaban J connectivity index is 1.68. The Kier molecular flexibility index (Phi) is 5.91. The van der Waals surface area contributed by atoms with Crippen molar-refractivity contribution in [3.05, 3.63) is 84.2 Å². The minimum atomic E-state index is -4.71. The number of rotatable bonds is 6. The van der Waals surface area contributed by atoms with E-state index in [-0.39, 0.29) is 17.7 Å². The molecule has 4 rings (SSSR count). The number of fused-ring (bicyclic) bond motifs is 1. The van der Waals surface area contributed by atoms with E-state index in [2.05, 4.69) is 10.3 Å². The number of esters is 1. The SMILES string of the molecule is COC(=O)C(Cc1ccccc1)NC(=O)c1cn2cc(-c3ccoc3)cc(C(F)(F)F)c2n1. The molecule has 1 N–H and O–H groups in total. The van der Waals surface area contributed by atoms with E-state index in [1.54, 1.807) is 24.3 Å². The van der Waals surface area contributed by atoms with Gasteiger partial charge in [-0.3, -0.25) is 4.79 Å². The third-order valence-corrected chi connectivity index (χ3v) is 5.02. The number of benzene rings is 1. The van der Waals surface area contributed by atoms with Crippen LogP contribution >= 0.6 is 0 Å². The number of imidazole rings is 1. The maximum atomic E-state index is 13.7. The van der Waals surface area contributed by atoms with Gasteiger partial charge in [0.1, 0.15) is 17.4 Å². The van der Waals surface area contributed by atoms with Crippen LogP contribution in [-0.4, -0.2) is 34.4 Å². The van der Waals surface area contributed by atoms with Gasteiger partial charge in [-0.05, 0) is 17.7 Å². The molecule has 7 nitrogen and oxygen atoms in total. The van der Waals surface area contributed by atoms with Gasteiger partial charge in [-0.25, -0.2) is 9.78 Å². The molecular formula is C23H18F3N3O4. The van der Waals surface area contributed by atoms with Gasteiger partial charge in [-0.1, -0.05) is 30.3 Å². The molecule has 1 amide bonds. The summed E-state index contributed by atoms with van der Waals surface area (Å²) in [6.45, 7) is 0. The summed E-state index contributed by atoms with van der Waals surface area (Å²) in [5.74, 6) is -1.49. The van der Waals surface area contributed by atoms with Gasteiger partial charge in [0.25, 0.3) is 5.91 Å². The van der Waals surface area contributed by atoms with Crippen LogP contribution in [-0.2, 0) is 22.1 Å². The minimum absolute atomic E-state index is 0.144. The summed E-state index contributed by atoms with van der Waals surface area (Å²) < 4.78 is 52.0. The highest BCUT2D eigenvalue weighted by Crippen LogP contribution is 2.35.